The molecule has 0 N–H and O–H groups in total. The van der Waals surface area contributed by atoms with E-state index in [1.54, 1.807) is 12.1 Å². The van der Waals surface area contributed by atoms with Crippen molar-refractivity contribution in [2.24, 2.45) is 0 Å². The Morgan fingerprint density at radius 3 is 2.08 bits per heavy atom. The first-order chi connectivity index (χ1) is 11.6. The molecule has 0 radical (unpaired) electrons. The molecule has 0 fully saturated rings. The van der Waals surface area contributed by atoms with Crippen LogP contribution in [0.25, 0.3) is 10.2 Å². The van der Waals surface area contributed by atoms with E-state index in [-0.39, 0.29) is 4.90 Å². The molecule has 0 atom stereocenters. The first-order valence-electron chi connectivity index (χ1n) is 8.06. The van der Waals surface area contributed by atoms with Crippen LogP contribution in [-0.2, 0) is 16.7 Å². The fraction of sp³-hybridized carbons (Fsp3) is 0.316. The zero-order valence-electron chi connectivity index (χ0n) is 15.2. The van der Waals surface area contributed by atoms with Crippen molar-refractivity contribution in [3.63, 3.8) is 0 Å². The number of thiazole rings is 1. The second-order valence-corrected chi connectivity index (χ2v) is 8.65. The Morgan fingerprint density at radius 1 is 1.00 bits per heavy atom. The number of hydrogen-bond acceptors (Lipinski definition) is 4. The molecule has 1 aromatic heterocycles. The van der Waals surface area contributed by atoms with E-state index in [2.05, 4.69) is 44.4 Å². The Labute approximate surface area is 153 Å². The van der Waals surface area contributed by atoms with Gasteiger partial charge in [-0.15, -0.1) is 0 Å². The number of nitrogens with zero attached hydrogens (tertiary/aromatic N) is 1. The zero-order valence-corrected chi connectivity index (χ0v) is 16.8. The minimum atomic E-state index is -4.27. The molecule has 0 aliphatic carbocycles. The normalized spacial score (nSPS) is 11.3. The smallest absolute Gasteiger partial charge is 0.235 e. The van der Waals surface area contributed by atoms with E-state index in [9.17, 15) is 13.0 Å². The fourth-order valence-corrected chi connectivity index (χ4v) is 4.18. The molecule has 1 heterocycles. The largest absolute Gasteiger partial charge is 0.744 e. The number of benzene rings is 2. The van der Waals surface area contributed by atoms with E-state index in [4.69, 9.17) is 0 Å². The molecule has 0 aliphatic rings. The summed E-state index contributed by atoms with van der Waals surface area (Å²) in [5.74, 6) is 0. The van der Waals surface area contributed by atoms with Crippen molar-refractivity contribution >= 4 is 31.7 Å². The van der Waals surface area contributed by atoms with E-state index < -0.39 is 10.1 Å². The second kappa shape index (κ2) is 7.64. The number of fused-ring (bicyclic) bond motifs is 1. The van der Waals surface area contributed by atoms with Gasteiger partial charge in [-0.3, -0.25) is 0 Å². The maximum absolute atomic E-state index is 10.4. The van der Waals surface area contributed by atoms with Crippen LogP contribution in [-0.4, -0.2) is 13.0 Å². The maximum atomic E-state index is 10.4. The quantitative estimate of drug-likeness (QED) is 0.500. The van der Waals surface area contributed by atoms with Gasteiger partial charge in [0.2, 0.25) is 10.5 Å². The van der Waals surface area contributed by atoms with Crippen molar-refractivity contribution in [3.8, 4) is 0 Å². The molecule has 2 aromatic carbocycles. The lowest BCUT2D eigenvalue weighted by atomic mass is 10.1. The molecule has 0 unspecified atom stereocenters. The summed E-state index contributed by atoms with van der Waals surface area (Å²) in [4.78, 5) is -0.178. The standard InChI is InChI=1S/C12H16NS.C7H8O3S/c1-5-13-10(4)14-12-7-9(3)8(2)6-11(12)13;1-6-2-4-7(5-3-6)11(8,9)10/h6-7H,5H2,1-4H3;2-5H,1H3,(H,8,9,10)/q+1;/p-1. The van der Waals surface area contributed by atoms with Gasteiger partial charge in [0.1, 0.15) is 21.4 Å². The molecule has 4 nitrogen and oxygen atoms in total. The van der Waals surface area contributed by atoms with E-state index in [1.165, 1.54) is 38.5 Å². The fourth-order valence-electron chi connectivity index (χ4n) is 2.55. The summed E-state index contributed by atoms with van der Waals surface area (Å²) in [6, 6.07) is 10.4. The lowest BCUT2D eigenvalue weighted by molar-refractivity contribution is -0.669. The minimum absolute atomic E-state index is 0.178. The second-order valence-electron chi connectivity index (χ2n) is 6.04. The first-order valence-corrected chi connectivity index (χ1v) is 10.3. The van der Waals surface area contributed by atoms with Gasteiger partial charge in [-0.1, -0.05) is 29.0 Å². The molecule has 3 rings (SSSR count). The maximum Gasteiger partial charge on any atom is 0.235 e. The lowest BCUT2D eigenvalue weighted by Crippen LogP contribution is -2.33. The molecule has 25 heavy (non-hydrogen) atoms. The Morgan fingerprint density at radius 2 is 1.56 bits per heavy atom. The summed E-state index contributed by atoms with van der Waals surface area (Å²) in [5.41, 5.74) is 5.09. The Hall–Kier alpha value is -1.76. The Bertz CT molecular complexity index is 988. The van der Waals surface area contributed by atoms with Crippen molar-refractivity contribution in [1.29, 1.82) is 0 Å². The monoisotopic (exact) mass is 377 g/mol. The molecule has 134 valence electrons. The summed E-state index contributed by atoms with van der Waals surface area (Å²) < 4.78 is 35.0. The molecule has 0 saturated heterocycles. The Balaban J connectivity index is 0.000000186. The van der Waals surface area contributed by atoms with Gasteiger partial charge in [-0.05, 0) is 57.0 Å². The van der Waals surface area contributed by atoms with Crippen LogP contribution in [0.15, 0.2) is 41.3 Å². The van der Waals surface area contributed by atoms with Crippen molar-refractivity contribution in [2.45, 2.75) is 46.1 Å². The number of rotatable bonds is 2. The summed E-state index contributed by atoms with van der Waals surface area (Å²) in [6.07, 6.45) is 0. The summed E-state index contributed by atoms with van der Waals surface area (Å²) in [5, 5.41) is 1.40. The highest BCUT2D eigenvalue weighted by Gasteiger charge is 2.15. The lowest BCUT2D eigenvalue weighted by Gasteiger charge is -2.05. The first kappa shape index (κ1) is 19.6. The van der Waals surface area contributed by atoms with Gasteiger partial charge in [0.25, 0.3) is 0 Å². The highest BCUT2D eigenvalue weighted by molar-refractivity contribution is 7.85. The van der Waals surface area contributed by atoms with Gasteiger partial charge in [0, 0.05) is 13.0 Å². The van der Waals surface area contributed by atoms with Gasteiger partial charge >= 0.3 is 0 Å². The van der Waals surface area contributed by atoms with Crippen LogP contribution in [0.4, 0.5) is 0 Å². The molecule has 3 aromatic rings. The minimum Gasteiger partial charge on any atom is -0.744 e. The van der Waals surface area contributed by atoms with Crippen LogP contribution in [0.1, 0.15) is 28.6 Å². The molecular formula is C19H23NO3S2. The third-order valence-corrected chi connectivity index (χ3v) is 6.04. The average molecular weight is 378 g/mol. The predicted octanol–water partition coefficient (Wildman–Crippen LogP) is 4.03. The van der Waals surface area contributed by atoms with E-state index in [0.29, 0.717) is 0 Å². The summed E-state index contributed by atoms with van der Waals surface area (Å²) >= 11 is 1.89. The number of aryl methyl sites for hydroxylation is 5. The van der Waals surface area contributed by atoms with E-state index in [0.717, 1.165) is 12.1 Å². The summed E-state index contributed by atoms with van der Waals surface area (Å²) in [7, 11) is -4.27. The van der Waals surface area contributed by atoms with Crippen LogP contribution >= 0.6 is 11.3 Å². The Kier molecular flexibility index (Phi) is 5.98. The van der Waals surface area contributed by atoms with Gasteiger partial charge < -0.3 is 4.55 Å². The SMILES string of the molecule is CC[n+]1c(C)sc2cc(C)c(C)cc21.Cc1ccc(S(=O)(=O)[O-])cc1. The van der Waals surface area contributed by atoms with Crippen molar-refractivity contribution in [2.75, 3.05) is 0 Å². The third kappa shape index (κ3) is 4.66. The van der Waals surface area contributed by atoms with Crippen LogP contribution in [0, 0.1) is 27.7 Å². The molecule has 0 aliphatic heterocycles. The zero-order chi connectivity index (χ0) is 18.8. The molecule has 0 bridgehead atoms. The third-order valence-electron chi connectivity index (χ3n) is 4.13. The van der Waals surface area contributed by atoms with Crippen molar-refractivity contribution < 1.29 is 17.5 Å². The van der Waals surface area contributed by atoms with Crippen LogP contribution in [0.3, 0.4) is 0 Å². The number of aromatic nitrogens is 1. The van der Waals surface area contributed by atoms with Crippen LogP contribution in [0.2, 0.25) is 0 Å². The highest BCUT2D eigenvalue weighted by Crippen LogP contribution is 2.23. The van der Waals surface area contributed by atoms with E-state index >= 15 is 0 Å². The average Bonchev–Trinajstić information content (AvgIpc) is 2.82. The predicted molar refractivity (Wildman–Crippen MR) is 101 cm³/mol. The molecule has 0 amide bonds. The van der Waals surface area contributed by atoms with Crippen LogP contribution in [0.5, 0.6) is 0 Å². The van der Waals surface area contributed by atoms with Crippen molar-refractivity contribution in [3.05, 3.63) is 58.1 Å². The molecule has 0 spiro atoms. The molecule has 0 saturated carbocycles. The van der Waals surface area contributed by atoms with Gasteiger partial charge in [-0.25, -0.2) is 8.42 Å². The highest BCUT2D eigenvalue weighted by atomic mass is 32.2. The van der Waals surface area contributed by atoms with Gasteiger partial charge in [0.05, 0.1) is 4.90 Å². The topological polar surface area (TPSA) is 61.1 Å². The summed E-state index contributed by atoms with van der Waals surface area (Å²) in [6.45, 7) is 11.6. The molecule has 6 heteroatoms. The van der Waals surface area contributed by atoms with Gasteiger partial charge in [-0.2, -0.15) is 4.57 Å². The van der Waals surface area contributed by atoms with E-state index in [1.807, 2.05) is 18.3 Å². The molecular weight excluding hydrogens is 354 g/mol. The van der Waals surface area contributed by atoms with Gasteiger partial charge in [0.15, 0.2) is 0 Å². The van der Waals surface area contributed by atoms with Crippen LogP contribution < -0.4 is 4.57 Å². The number of hydrogen-bond donors (Lipinski definition) is 0. The van der Waals surface area contributed by atoms with Crippen molar-refractivity contribution in [1.82, 2.24) is 0 Å².